The van der Waals surface area contributed by atoms with E-state index in [0.717, 1.165) is 0 Å². The van der Waals surface area contributed by atoms with Crippen molar-refractivity contribution in [1.82, 2.24) is 0 Å². The van der Waals surface area contributed by atoms with Gasteiger partial charge in [-0.15, -0.1) is 0 Å². The third-order valence-corrected chi connectivity index (χ3v) is 4.71. The molecule has 0 fully saturated rings. The highest BCUT2D eigenvalue weighted by atomic mass is 35.5. The Morgan fingerprint density at radius 3 is 2.38 bits per heavy atom. The summed E-state index contributed by atoms with van der Waals surface area (Å²) in [5.74, 6) is 0.320. The molecule has 0 aliphatic carbocycles. The van der Waals surface area contributed by atoms with Crippen LogP contribution in [0.15, 0.2) is 41.3 Å². The second kappa shape index (κ2) is 6.42. The first kappa shape index (κ1) is 16.4. The van der Waals surface area contributed by atoms with E-state index in [-0.39, 0.29) is 16.5 Å². The molecule has 2 rings (SSSR count). The molecule has 0 saturated carbocycles. The topological polar surface area (TPSA) is 69.4 Å². The highest BCUT2D eigenvalue weighted by molar-refractivity contribution is 7.89. The Bertz CT molecular complexity index is 778. The molecule has 21 heavy (non-hydrogen) atoms. The lowest BCUT2D eigenvalue weighted by Gasteiger charge is -2.10. The van der Waals surface area contributed by atoms with E-state index in [9.17, 15) is 8.42 Å². The fourth-order valence-corrected chi connectivity index (χ4v) is 2.81. The summed E-state index contributed by atoms with van der Waals surface area (Å²) >= 11 is 17.9. The molecule has 0 atom stereocenters. The van der Waals surface area contributed by atoms with Crippen LogP contribution in [-0.2, 0) is 16.6 Å². The van der Waals surface area contributed by atoms with Crippen LogP contribution < -0.4 is 9.88 Å². The van der Waals surface area contributed by atoms with Gasteiger partial charge in [-0.05, 0) is 24.3 Å². The minimum Gasteiger partial charge on any atom is -0.487 e. The summed E-state index contributed by atoms with van der Waals surface area (Å²) in [6, 6.07) is 9.16. The van der Waals surface area contributed by atoms with E-state index in [1.165, 1.54) is 18.2 Å². The summed E-state index contributed by atoms with van der Waals surface area (Å²) in [6.45, 7) is 0.147. The molecule has 0 spiro atoms. The van der Waals surface area contributed by atoms with Crippen molar-refractivity contribution in [3.05, 3.63) is 57.0 Å². The van der Waals surface area contributed by atoms with Gasteiger partial charge in [0.15, 0.2) is 0 Å². The van der Waals surface area contributed by atoms with Crippen LogP contribution in [0.2, 0.25) is 15.1 Å². The highest BCUT2D eigenvalue weighted by Gasteiger charge is 2.12. The van der Waals surface area contributed by atoms with Gasteiger partial charge in [-0.2, -0.15) is 0 Å². The van der Waals surface area contributed by atoms with Crippen LogP contribution in [0.1, 0.15) is 5.56 Å². The van der Waals surface area contributed by atoms with Crippen LogP contribution in [-0.4, -0.2) is 8.42 Å². The molecule has 112 valence electrons. The minimum atomic E-state index is -3.80. The molecular weight excluding hydrogens is 357 g/mol. The van der Waals surface area contributed by atoms with E-state index >= 15 is 0 Å². The SMILES string of the molecule is NS(=O)(=O)c1ccc(OCc2cccc(Cl)c2Cl)c(Cl)c1. The van der Waals surface area contributed by atoms with Gasteiger partial charge in [0.25, 0.3) is 0 Å². The second-order valence-corrected chi connectivity index (χ2v) is 6.89. The average molecular weight is 367 g/mol. The molecule has 0 heterocycles. The highest BCUT2D eigenvalue weighted by Crippen LogP contribution is 2.30. The maximum absolute atomic E-state index is 11.2. The van der Waals surface area contributed by atoms with Crippen LogP contribution in [0.25, 0.3) is 0 Å². The van der Waals surface area contributed by atoms with E-state index in [0.29, 0.717) is 21.4 Å². The Morgan fingerprint density at radius 1 is 1.05 bits per heavy atom. The molecule has 2 aromatic carbocycles. The third-order valence-electron chi connectivity index (χ3n) is 2.65. The van der Waals surface area contributed by atoms with Crippen LogP contribution in [0.5, 0.6) is 5.75 Å². The average Bonchev–Trinajstić information content (AvgIpc) is 2.40. The molecule has 2 aromatic rings. The van der Waals surface area contributed by atoms with Crippen LogP contribution >= 0.6 is 34.8 Å². The first-order valence-electron chi connectivity index (χ1n) is 5.67. The van der Waals surface area contributed by atoms with E-state index in [4.69, 9.17) is 44.7 Å². The van der Waals surface area contributed by atoms with Crippen LogP contribution in [0.3, 0.4) is 0 Å². The van der Waals surface area contributed by atoms with Crippen molar-refractivity contribution in [1.29, 1.82) is 0 Å². The lowest BCUT2D eigenvalue weighted by molar-refractivity contribution is 0.306. The summed E-state index contributed by atoms with van der Waals surface area (Å²) in [7, 11) is -3.80. The van der Waals surface area contributed by atoms with Crippen molar-refractivity contribution >= 4 is 44.8 Å². The molecule has 0 radical (unpaired) electrons. The Hall–Kier alpha value is -0.980. The van der Waals surface area contributed by atoms with E-state index in [2.05, 4.69) is 0 Å². The van der Waals surface area contributed by atoms with Crippen LogP contribution in [0.4, 0.5) is 0 Å². The summed E-state index contributed by atoms with van der Waals surface area (Å²) in [6.07, 6.45) is 0. The maximum atomic E-state index is 11.2. The second-order valence-electron chi connectivity index (χ2n) is 4.14. The summed E-state index contributed by atoms with van der Waals surface area (Å²) in [5, 5.41) is 5.98. The van der Waals surface area contributed by atoms with Gasteiger partial charge in [0.05, 0.1) is 20.0 Å². The van der Waals surface area contributed by atoms with E-state index in [1.54, 1.807) is 18.2 Å². The molecule has 0 amide bonds. The van der Waals surface area contributed by atoms with Gasteiger partial charge in [0.2, 0.25) is 10.0 Å². The van der Waals surface area contributed by atoms with Gasteiger partial charge >= 0.3 is 0 Å². The number of benzene rings is 2. The molecule has 0 aliphatic heterocycles. The number of halogens is 3. The lowest BCUT2D eigenvalue weighted by atomic mass is 10.2. The van der Waals surface area contributed by atoms with Crippen molar-refractivity contribution in [2.45, 2.75) is 11.5 Å². The molecule has 0 unspecified atom stereocenters. The molecule has 0 aliphatic rings. The smallest absolute Gasteiger partial charge is 0.238 e. The maximum Gasteiger partial charge on any atom is 0.238 e. The number of sulfonamides is 1. The summed E-state index contributed by atoms with van der Waals surface area (Å²) in [4.78, 5) is -0.0827. The predicted molar refractivity (Wildman–Crippen MR) is 83.6 cm³/mol. The van der Waals surface area contributed by atoms with E-state index in [1.807, 2.05) is 0 Å². The Balaban J connectivity index is 2.19. The van der Waals surface area contributed by atoms with Gasteiger partial charge < -0.3 is 4.74 Å². The quantitative estimate of drug-likeness (QED) is 0.893. The number of primary sulfonamides is 1. The van der Waals surface area contributed by atoms with Crippen molar-refractivity contribution in [3.8, 4) is 5.75 Å². The molecule has 0 saturated heterocycles. The zero-order valence-electron chi connectivity index (χ0n) is 10.5. The normalized spacial score (nSPS) is 11.4. The molecule has 0 bridgehead atoms. The number of hydrogen-bond donors (Lipinski definition) is 1. The van der Waals surface area contributed by atoms with Gasteiger partial charge in [-0.1, -0.05) is 46.9 Å². The Kier molecular flexibility index (Phi) is 5.01. The van der Waals surface area contributed by atoms with Crippen molar-refractivity contribution in [2.24, 2.45) is 5.14 Å². The monoisotopic (exact) mass is 365 g/mol. The fraction of sp³-hybridized carbons (Fsp3) is 0.0769. The van der Waals surface area contributed by atoms with Crippen molar-refractivity contribution in [3.63, 3.8) is 0 Å². The molecule has 2 N–H and O–H groups in total. The van der Waals surface area contributed by atoms with Crippen molar-refractivity contribution in [2.75, 3.05) is 0 Å². The molecule has 0 aromatic heterocycles. The number of rotatable bonds is 4. The Labute approximate surface area is 137 Å². The first-order chi connectivity index (χ1) is 9.79. The number of ether oxygens (including phenoxy) is 1. The largest absolute Gasteiger partial charge is 0.487 e. The lowest BCUT2D eigenvalue weighted by Crippen LogP contribution is -2.12. The summed E-state index contributed by atoms with van der Waals surface area (Å²) in [5.41, 5.74) is 0.691. The predicted octanol–water partition coefficient (Wildman–Crippen LogP) is 3.87. The zero-order valence-corrected chi connectivity index (χ0v) is 13.6. The fourth-order valence-electron chi connectivity index (χ4n) is 1.59. The zero-order chi connectivity index (χ0) is 15.6. The Morgan fingerprint density at radius 2 is 1.76 bits per heavy atom. The van der Waals surface area contributed by atoms with E-state index < -0.39 is 10.0 Å². The third kappa shape index (κ3) is 4.02. The van der Waals surface area contributed by atoms with Gasteiger partial charge in [0, 0.05) is 5.56 Å². The van der Waals surface area contributed by atoms with Crippen molar-refractivity contribution < 1.29 is 13.2 Å². The first-order valence-corrected chi connectivity index (χ1v) is 8.35. The van der Waals surface area contributed by atoms with Gasteiger partial charge in [-0.25, -0.2) is 13.6 Å². The van der Waals surface area contributed by atoms with Crippen LogP contribution in [0, 0.1) is 0 Å². The standard InChI is InChI=1S/C13H10Cl3NO3S/c14-10-3-1-2-8(13(10)16)7-20-12-5-4-9(6-11(12)15)21(17,18)19/h1-6H,7H2,(H2,17,18,19). The van der Waals surface area contributed by atoms with Gasteiger partial charge in [-0.3, -0.25) is 0 Å². The molecule has 8 heteroatoms. The van der Waals surface area contributed by atoms with Gasteiger partial charge in [0.1, 0.15) is 12.4 Å². The minimum absolute atomic E-state index is 0.0827. The molecular formula is C13H10Cl3NO3S. The number of hydrogen-bond acceptors (Lipinski definition) is 3. The summed E-state index contributed by atoms with van der Waals surface area (Å²) < 4.78 is 27.9. The molecule has 4 nitrogen and oxygen atoms in total. The number of nitrogens with two attached hydrogens (primary N) is 1.